The van der Waals surface area contributed by atoms with Gasteiger partial charge in [0, 0.05) is 5.56 Å². The van der Waals surface area contributed by atoms with E-state index in [2.05, 4.69) is 15.2 Å². The van der Waals surface area contributed by atoms with E-state index in [0.717, 1.165) is 5.56 Å². The molecule has 0 atom stereocenters. The predicted octanol–water partition coefficient (Wildman–Crippen LogP) is 2.46. The van der Waals surface area contributed by atoms with Crippen LogP contribution in [0.25, 0.3) is 0 Å². The first-order valence-electron chi connectivity index (χ1n) is 7.50. The molecule has 0 saturated heterocycles. The zero-order valence-corrected chi connectivity index (χ0v) is 13.7. The average molecular weight is 316 g/mol. The topological polar surface area (TPSA) is 70.8 Å². The quantitative estimate of drug-likeness (QED) is 0.494. The molecule has 0 aliphatic carbocycles. The van der Waals surface area contributed by atoms with Crippen LogP contribution in [0.15, 0.2) is 36.0 Å². The van der Waals surface area contributed by atoms with E-state index in [-0.39, 0.29) is 11.7 Å². The van der Waals surface area contributed by atoms with Crippen LogP contribution >= 0.6 is 0 Å². The van der Waals surface area contributed by atoms with Gasteiger partial charge in [0.15, 0.2) is 11.5 Å². The van der Waals surface area contributed by atoms with Crippen molar-refractivity contribution in [3.05, 3.63) is 36.4 Å². The molecule has 122 valence electrons. The van der Waals surface area contributed by atoms with Crippen LogP contribution < -0.4 is 9.47 Å². The number of ether oxygens (including phenoxy) is 2. The molecule has 0 unspecified atom stereocenters. The van der Waals surface area contributed by atoms with Gasteiger partial charge in [0.1, 0.15) is 31.0 Å². The number of aromatic nitrogens is 3. The standard InChI is InChI=1S/C16H20N4O3/c1-11(2)23-19-15(20-10-17-9-18-20)12-5-6-13-14(7-12)21-8-16(3,4)22-13/h5-7,9-11H,8H2,1-4H3/b19-15+. The summed E-state index contributed by atoms with van der Waals surface area (Å²) in [5.74, 6) is 1.93. The first-order valence-corrected chi connectivity index (χ1v) is 7.50. The van der Waals surface area contributed by atoms with Gasteiger partial charge in [-0.15, -0.1) is 0 Å². The number of benzene rings is 1. The highest BCUT2D eigenvalue weighted by Crippen LogP contribution is 2.35. The lowest BCUT2D eigenvalue weighted by Crippen LogP contribution is -2.38. The van der Waals surface area contributed by atoms with Crippen LogP contribution in [0.2, 0.25) is 0 Å². The summed E-state index contributed by atoms with van der Waals surface area (Å²) in [7, 11) is 0. The van der Waals surface area contributed by atoms with E-state index in [1.54, 1.807) is 11.0 Å². The molecule has 2 heterocycles. The maximum absolute atomic E-state index is 5.91. The Morgan fingerprint density at radius 3 is 2.87 bits per heavy atom. The van der Waals surface area contributed by atoms with Crippen LogP contribution in [0.5, 0.6) is 11.5 Å². The monoisotopic (exact) mass is 316 g/mol. The Morgan fingerprint density at radius 2 is 2.17 bits per heavy atom. The number of rotatable bonds is 3. The molecule has 7 heteroatoms. The normalized spacial score (nSPS) is 16.5. The third-order valence-corrected chi connectivity index (χ3v) is 3.15. The van der Waals surface area contributed by atoms with Gasteiger partial charge in [0.2, 0.25) is 5.84 Å². The minimum atomic E-state index is -0.335. The van der Waals surface area contributed by atoms with Gasteiger partial charge in [0.05, 0.1) is 0 Å². The lowest BCUT2D eigenvalue weighted by atomic mass is 10.1. The second kappa shape index (κ2) is 5.91. The molecule has 3 rings (SSSR count). The molecule has 0 fully saturated rings. The summed E-state index contributed by atoms with van der Waals surface area (Å²) < 4.78 is 13.3. The van der Waals surface area contributed by atoms with Crippen molar-refractivity contribution in [1.29, 1.82) is 0 Å². The summed E-state index contributed by atoms with van der Waals surface area (Å²) in [5.41, 5.74) is 0.469. The fourth-order valence-corrected chi connectivity index (χ4v) is 2.12. The maximum Gasteiger partial charge on any atom is 0.201 e. The zero-order valence-electron chi connectivity index (χ0n) is 13.7. The van der Waals surface area contributed by atoms with Crippen LogP contribution in [0, 0.1) is 0 Å². The number of fused-ring (bicyclic) bond motifs is 1. The molecule has 1 aliphatic rings. The van der Waals surface area contributed by atoms with E-state index in [1.165, 1.54) is 6.33 Å². The molecule has 0 bridgehead atoms. The summed E-state index contributed by atoms with van der Waals surface area (Å²) in [6.45, 7) is 8.29. The van der Waals surface area contributed by atoms with Crippen LogP contribution in [-0.2, 0) is 4.84 Å². The van der Waals surface area contributed by atoms with Gasteiger partial charge >= 0.3 is 0 Å². The van der Waals surface area contributed by atoms with Crippen molar-refractivity contribution in [2.75, 3.05) is 6.61 Å². The van der Waals surface area contributed by atoms with Gasteiger partial charge in [-0.3, -0.25) is 0 Å². The summed E-state index contributed by atoms with van der Waals surface area (Å²) in [5, 5.41) is 8.32. The molecule has 2 aromatic rings. The molecule has 1 aromatic heterocycles. The molecule has 23 heavy (non-hydrogen) atoms. The first-order chi connectivity index (χ1) is 10.9. The third kappa shape index (κ3) is 3.44. The third-order valence-electron chi connectivity index (χ3n) is 3.15. The van der Waals surface area contributed by atoms with Crippen LogP contribution in [0.1, 0.15) is 33.3 Å². The Kier molecular flexibility index (Phi) is 3.94. The SMILES string of the molecule is CC(C)O/N=C(\c1ccc2c(c1)OCC(C)(C)O2)n1cncn1. The summed E-state index contributed by atoms with van der Waals surface area (Å²) in [6.07, 6.45) is 2.99. The molecule has 0 spiro atoms. The molecule has 0 amide bonds. The Morgan fingerprint density at radius 1 is 1.35 bits per heavy atom. The molecular formula is C16H20N4O3. The number of hydrogen-bond donors (Lipinski definition) is 0. The second-order valence-corrected chi connectivity index (χ2v) is 6.22. The minimum Gasteiger partial charge on any atom is -0.486 e. The van der Waals surface area contributed by atoms with Crippen LogP contribution in [0.4, 0.5) is 0 Å². The predicted molar refractivity (Wildman–Crippen MR) is 84.8 cm³/mol. The van der Waals surface area contributed by atoms with E-state index in [0.29, 0.717) is 23.9 Å². The van der Waals surface area contributed by atoms with E-state index in [1.807, 2.05) is 45.9 Å². The molecule has 1 aromatic carbocycles. The Labute approximate surface area is 134 Å². The van der Waals surface area contributed by atoms with E-state index < -0.39 is 0 Å². The van der Waals surface area contributed by atoms with Gasteiger partial charge in [0.25, 0.3) is 0 Å². The highest BCUT2D eigenvalue weighted by Gasteiger charge is 2.28. The van der Waals surface area contributed by atoms with Crippen molar-refractivity contribution in [3.8, 4) is 11.5 Å². The van der Waals surface area contributed by atoms with E-state index in [4.69, 9.17) is 14.3 Å². The molecule has 0 N–H and O–H groups in total. The summed E-state index contributed by atoms with van der Waals surface area (Å²) in [4.78, 5) is 9.35. The average Bonchev–Trinajstić information content (AvgIpc) is 3.00. The number of hydrogen-bond acceptors (Lipinski definition) is 6. The minimum absolute atomic E-state index is 0.0356. The highest BCUT2D eigenvalue weighted by atomic mass is 16.6. The molecule has 1 aliphatic heterocycles. The molecule has 0 saturated carbocycles. The fourth-order valence-electron chi connectivity index (χ4n) is 2.12. The van der Waals surface area contributed by atoms with E-state index in [9.17, 15) is 0 Å². The van der Waals surface area contributed by atoms with Crippen LogP contribution in [0.3, 0.4) is 0 Å². The molecular weight excluding hydrogens is 296 g/mol. The number of oxime groups is 1. The molecule has 0 radical (unpaired) electrons. The van der Waals surface area contributed by atoms with Crippen molar-refractivity contribution >= 4 is 5.84 Å². The van der Waals surface area contributed by atoms with Crippen LogP contribution in [-0.4, -0.2) is 38.9 Å². The number of nitrogens with zero attached hydrogens (tertiary/aromatic N) is 4. The van der Waals surface area contributed by atoms with Crippen molar-refractivity contribution in [3.63, 3.8) is 0 Å². The van der Waals surface area contributed by atoms with Crippen molar-refractivity contribution in [1.82, 2.24) is 14.8 Å². The van der Waals surface area contributed by atoms with Gasteiger partial charge in [-0.1, -0.05) is 5.16 Å². The highest BCUT2D eigenvalue weighted by molar-refractivity contribution is 5.99. The van der Waals surface area contributed by atoms with Gasteiger partial charge < -0.3 is 14.3 Å². The van der Waals surface area contributed by atoms with E-state index >= 15 is 0 Å². The summed E-state index contributed by atoms with van der Waals surface area (Å²) >= 11 is 0. The van der Waals surface area contributed by atoms with Gasteiger partial charge in [-0.05, 0) is 45.9 Å². The Bertz CT molecular complexity index is 708. The van der Waals surface area contributed by atoms with Crippen molar-refractivity contribution in [2.45, 2.75) is 39.4 Å². The zero-order chi connectivity index (χ0) is 16.4. The Hall–Kier alpha value is -2.57. The smallest absolute Gasteiger partial charge is 0.201 e. The lowest BCUT2D eigenvalue weighted by molar-refractivity contribution is 0.0213. The lowest BCUT2D eigenvalue weighted by Gasteiger charge is -2.32. The van der Waals surface area contributed by atoms with Crippen molar-refractivity contribution < 1.29 is 14.3 Å². The Balaban J connectivity index is 1.96. The first kappa shape index (κ1) is 15.3. The van der Waals surface area contributed by atoms with Gasteiger partial charge in [-0.2, -0.15) is 9.78 Å². The molecule has 7 nitrogen and oxygen atoms in total. The van der Waals surface area contributed by atoms with Crippen molar-refractivity contribution in [2.24, 2.45) is 5.16 Å². The maximum atomic E-state index is 5.91. The fraction of sp³-hybridized carbons (Fsp3) is 0.438. The second-order valence-electron chi connectivity index (χ2n) is 6.22. The van der Waals surface area contributed by atoms with Gasteiger partial charge in [-0.25, -0.2) is 4.98 Å². The summed E-state index contributed by atoms with van der Waals surface area (Å²) in [6, 6.07) is 5.63. The largest absolute Gasteiger partial charge is 0.486 e.